The van der Waals surface area contributed by atoms with Gasteiger partial charge in [0.25, 0.3) is 0 Å². The van der Waals surface area contributed by atoms with Gasteiger partial charge in [0.15, 0.2) is 6.29 Å². The van der Waals surface area contributed by atoms with Gasteiger partial charge in [-0.3, -0.25) is 48.4 Å². The first-order valence-corrected chi connectivity index (χ1v) is 22.5. The summed E-state index contributed by atoms with van der Waals surface area (Å²) in [6.45, 7) is 20.4. The fourth-order valence-electron chi connectivity index (χ4n) is 6.85. The Hall–Kier alpha value is -3.58. The van der Waals surface area contributed by atoms with Crippen LogP contribution in [0.1, 0.15) is 82.1 Å². The first-order chi connectivity index (χ1) is 30.1. The van der Waals surface area contributed by atoms with Crippen LogP contribution in [0, 0.1) is 0 Å². The number of rotatable bonds is 19. The minimum atomic E-state index is -1.51. The molecule has 0 unspecified atom stereocenters. The number of nitrogens with one attached hydrogen (secondary N) is 3. The van der Waals surface area contributed by atoms with Gasteiger partial charge in [0.1, 0.15) is 47.2 Å². The third-order valence-corrected chi connectivity index (χ3v) is 9.87. The molecule has 2 fully saturated rings. The number of nitrogens with zero attached hydrogens (tertiary/aromatic N) is 4. The molecule has 0 aromatic heterocycles. The zero-order chi connectivity index (χ0) is 49.1. The van der Waals surface area contributed by atoms with Crippen molar-refractivity contribution in [2.24, 2.45) is 5.73 Å². The van der Waals surface area contributed by atoms with Crippen LogP contribution < -0.4 is 21.7 Å². The molecular formula is C43H80N8O14. The topological polar surface area (TPSA) is 284 Å². The van der Waals surface area contributed by atoms with Gasteiger partial charge in [-0.25, -0.2) is 0 Å². The van der Waals surface area contributed by atoms with E-state index in [4.69, 9.17) is 29.4 Å². The summed E-state index contributed by atoms with van der Waals surface area (Å²) >= 11 is 0. The molecule has 0 aliphatic carbocycles. The lowest BCUT2D eigenvalue weighted by Gasteiger charge is -2.42. The van der Waals surface area contributed by atoms with Crippen LogP contribution in [0.15, 0.2) is 0 Å². The Morgan fingerprint density at radius 2 is 1.03 bits per heavy atom. The van der Waals surface area contributed by atoms with Gasteiger partial charge in [0.2, 0.25) is 17.7 Å². The number of aliphatic hydroxyl groups is 3. The molecule has 2 aliphatic rings. The minimum absolute atomic E-state index is 0.00497. The van der Waals surface area contributed by atoms with Gasteiger partial charge < -0.3 is 60.7 Å². The maximum absolute atomic E-state index is 13.3. The van der Waals surface area contributed by atoms with Crippen LogP contribution in [0.25, 0.3) is 0 Å². The Labute approximate surface area is 384 Å². The number of hydrogen-bond donors (Lipinski definition) is 7. The molecular weight excluding hydrogens is 853 g/mol. The molecule has 2 heterocycles. The Morgan fingerprint density at radius 1 is 0.646 bits per heavy atom. The third kappa shape index (κ3) is 24.7. The highest BCUT2D eigenvalue weighted by Crippen LogP contribution is 2.22. The second-order valence-corrected chi connectivity index (χ2v) is 19.6. The summed E-state index contributed by atoms with van der Waals surface area (Å²) in [5.74, 6) is -2.46. The largest absolute Gasteiger partial charge is 0.459 e. The molecule has 0 aromatic rings. The van der Waals surface area contributed by atoms with Crippen LogP contribution in [0.2, 0.25) is 0 Å². The van der Waals surface area contributed by atoms with Crippen molar-refractivity contribution in [1.29, 1.82) is 0 Å². The van der Waals surface area contributed by atoms with E-state index in [0.29, 0.717) is 71.7 Å². The molecule has 3 amide bonds. The molecule has 2 saturated heterocycles. The summed E-state index contributed by atoms with van der Waals surface area (Å²) in [5, 5.41) is 38.2. The van der Waals surface area contributed by atoms with Crippen molar-refractivity contribution in [1.82, 2.24) is 35.6 Å². The molecule has 65 heavy (non-hydrogen) atoms. The zero-order valence-corrected chi connectivity index (χ0v) is 40.4. The van der Waals surface area contributed by atoms with Crippen LogP contribution >= 0.6 is 0 Å². The third-order valence-electron chi connectivity index (χ3n) is 9.87. The molecule has 376 valence electrons. The predicted molar refractivity (Wildman–Crippen MR) is 238 cm³/mol. The lowest BCUT2D eigenvalue weighted by Crippen LogP contribution is -2.65. The van der Waals surface area contributed by atoms with E-state index in [1.165, 1.54) is 6.92 Å². The van der Waals surface area contributed by atoms with Crippen LogP contribution in [-0.4, -0.2) is 229 Å². The summed E-state index contributed by atoms with van der Waals surface area (Å²) in [5.41, 5.74) is 3.98. The maximum Gasteiger partial charge on any atom is 0.320 e. The minimum Gasteiger partial charge on any atom is -0.459 e. The van der Waals surface area contributed by atoms with E-state index < -0.39 is 83.8 Å². The van der Waals surface area contributed by atoms with Crippen LogP contribution in [-0.2, 0) is 52.5 Å². The molecule has 0 aromatic carbocycles. The first kappa shape index (κ1) is 57.5. The molecule has 2 aliphatic heterocycles. The lowest BCUT2D eigenvalue weighted by atomic mass is 9.97. The van der Waals surface area contributed by atoms with Gasteiger partial charge in [-0.1, -0.05) is 0 Å². The quantitative estimate of drug-likeness (QED) is 0.0402. The van der Waals surface area contributed by atoms with Crippen LogP contribution in [0.5, 0.6) is 0 Å². The van der Waals surface area contributed by atoms with Crippen molar-refractivity contribution < 1.29 is 67.8 Å². The number of aliphatic hydroxyl groups excluding tert-OH is 3. The maximum atomic E-state index is 13.3. The Morgan fingerprint density at radius 3 is 1.40 bits per heavy atom. The van der Waals surface area contributed by atoms with Crippen molar-refractivity contribution in [3.63, 3.8) is 0 Å². The van der Waals surface area contributed by atoms with Crippen molar-refractivity contribution >= 4 is 35.6 Å². The van der Waals surface area contributed by atoms with Gasteiger partial charge in [-0.15, -0.1) is 0 Å². The molecule has 22 heteroatoms. The normalized spacial score (nSPS) is 23.3. The molecule has 0 spiro atoms. The number of carbonyl (C=O) groups excluding carboxylic acids is 6. The molecule has 8 N–H and O–H groups in total. The van der Waals surface area contributed by atoms with Gasteiger partial charge in [-0.05, 0) is 75.2 Å². The molecule has 0 bridgehead atoms. The molecule has 0 radical (unpaired) electrons. The van der Waals surface area contributed by atoms with E-state index in [9.17, 15) is 44.1 Å². The smallest absolute Gasteiger partial charge is 0.320 e. The van der Waals surface area contributed by atoms with Crippen LogP contribution in [0.4, 0.5) is 0 Å². The molecule has 0 saturated carbocycles. The number of carbonyl (C=O) groups is 6. The number of nitrogens with two attached hydrogens (primary N) is 1. The molecule has 22 nitrogen and oxygen atoms in total. The monoisotopic (exact) mass is 933 g/mol. The highest BCUT2D eigenvalue weighted by atomic mass is 16.7. The number of ether oxygens (including phenoxy) is 5. The number of hydrogen-bond acceptors (Lipinski definition) is 19. The highest BCUT2D eigenvalue weighted by molar-refractivity contribution is 5.81. The first-order valence-electron chi connectivity index (χ1n) is 22.5. The molecule has 2 rings (SSSR count). The summed E-state index contributed by atoms with van der Waals surface area (Å²) in [4.78, 5) is 84.4. The standard InChI is InChI=1S/C43H80N8O14/c1-29(53)47-36-38(59)37(58)31(27-52)62-40(36)61-28-30(44)39(60)46-14-12-11-13-45-32(54)23-48-15-17-49(24-33(55)63-41(2,3)4)19-21-51(26-35(57)65-43(8,9)10)22-20-50(18-16-48)25-34(56)64-42(5,6)7/h30-31,36-38,40,52,58-59H,11-28,44H2,1-10H3,(H,45,54)(H,46,60)(H,47,53)/t30-,31+,36+,37+,38+,40+/m0/s1. The Bertz CT molecular complexity index is 1470. The van der Waals surface area contributed by atoms with Crippen LogP contribution in [0.3, 0.4) is 0 Å². The zero-order valence-electron chi connectivity index (χ0n) is 40.4. The lowest BCUT2D eigenvalue weighted by molar-refractivity contribution is -0.270. The average Bonchev–Trinajstić information content (AvgIpc) is 3.16. The number of unbranched alkanes of at least 4 members (excludes halogenated alkanes) is 1. The van der Waals surface area contributed by atoms with E-state index in [1.54, 1.807) is 62.3 Å². The van der Waals surface area contributed by atoms with Gasteiger partial charge >= 0.3 is 17.9 Å². The van der Waals surface area contributed by atoms with E-state index >= 15 is 0 Å². The Balaban J connectivity index is 2.02. The summed E-state index contributed by atoms with van der Waals surface area (Å²) in [7, 11) is 0. The van der Waals surface area contributed by atoms with Crippen molar-refractivity contribution in [3.8, 4) is 0 Å². The predicted octanol–water partition coefficient (Wildman–Crippen LogP) is -2.47. The van der Waals surface area contributed by atoms with Gasteiger partial charge in [-0.2, -0.15) is 0 Å². The average molecular weight is 933 g/mol. The van der Waals surface area contributed by atoms with E-state index in [-0.39, 0.29) is 51.2 Å². The van der Waals surface area contributed by atoms with Crippen molar-refractivity contribution in [2.45, 2.75) is 136 Å². The summed E-state index contributed by atoms with van der Waals surface area (Å²) in [6, 6.07) is -2.32. The SMILES string of the molecule is CC(=O)N[C@H]1[C@H](OC[C@H](N)C(=O)NCCCCNC(=O)CN2CCN(CC(=O)OC(C)(C)C)CCN(CC(=O)OC(C)(C)C)CCN(CC(=O)OC(C)(C)C)CC2)O[C@H](CO)[C@@H](O)[C@@H]1O. The van der Waals surface area contributed by atoms with Crippen molar-refractivity contribution in [2.75, 3.05) is 105 Å². The van der Waals surface area contributed by atoms with E-state index in [0.717, 1.165) is 0 Å². The van der Waals surface area contributed by atoms with Gasteiger partial charge in [0, 0.05) is 72.4 Å². The Kier molecular flexibility index (Phi) is 24.2. The number of esters is 3. The summed E-state index contributed by atoms with van der Waals surface area (Å²) in [6.07, 6.45) is -4.44. The second kappa shape index (κ2) is 27.3. The van der Waals surface area contributed by atoms with Crippen molar-refractivity contribution in [3.05, 3.63) is 0 Å². The summed E-state index contributed by atoms with van der Waals surface area (Å²) < 4.78 is 28.0. The van der Waals surface area contributed by atoms with Gasteiger partial charge in [0.05, 0.1) is 39.4 Å². The highest BCUT2D eigenvalue weighted by Gasteiger charge is 2.45. The number of amides is 3. The fourth-order valence-corrected chi connectivity index (χ4v) is 6.85. The second-order valence-electron chi connectivity index (χ2n) is 19.6. The van der Waals surface area contributed by atoms with E-state index in [2.05, 4.69) is 16.0 Å². The molecule has 6 atom stereocenters. The van der Waals surface area contributed by atoms with E-state index in [1.807, 2.05) is 19.6 Å². The fraction of sp³-hybridized carbons (Fsp3) is 0.860.